The minimum absolute atomic E-state index is 0.419. The maximum Gasteiger partial charge on any atom is 0.249 e. The Bertz CT molecular complexity index is 817. The molecular weight excluding hydrogens is 310 g/mol. The van der Waals surface area contributed by atoms with Gasteiger partial charge in [0.15, 0.2) is 5.82 Å². The molecule has 1 heterocycles. The third-order valence-electron chi connectivity index (χ3n) is 3.53. The van der Waals surface area contributed by atoms with E-state index in [9.17, 15) is 0 Å². The predicted octanol–water partition coefficient (Wildman–Crippen LogP) is 4.63. The number of hydrogen-bond acceptors (Lipinski definition) is 5. The van der Waals surface area contributed by atoms with Crippen LogP contribution >= 0.6 is 11.6 Å². The Balaban J connectivity index is 1.79. The normalized spacial score (nSPS) is 10.4. The molecule has 3 aromatic rings. The van der Waals surface area contributed by atoms with E-state index in [1.165, 1.54) is 11.1 Å². The van der Waals surface area contributed by atoms with Crippen LogP contribution in [0.5, 0.6) is 0 Å². The zero-order valence-corrected chi connectivity index (χ0v) is 13.6. The van der Waals surface area contributed by atoms with Crippen molar-refractivity contribution in [2.75, 3.05) is 10.6 Å². The van der Waals surface area contributed by atoms with Crippen molar-refractivity contribution >= 4 is 34.7 Å². The zero-order valence-electron chi connectivity index (χ0n) is 12.8. The molecule has 3 rings (SSSR count). The highest BCUT2D eigenvalue weighted by Crippen LogP contribution is 2.22. The molecule has 0 aliphatic rings. The summed E-state index contributed by atoms with van der Waals surface area (Å²) in [6.45, 7) is 4.14. The molecular formula is C17H16ClN5. The lowest BCUT2D eigenvalue weighted by Gasteiger charge is -2.11. The molecule has 1 aromatic heterocycles. The second-order valence-electron chi connectivity index (χ2n) is 5.17. The standard InChI is InChI=1S/C17H16ClN5/c1-11-4-3-5-15(12(11)2)21-16-10-19-23-17(22-16)20-14-8-6-13(18)7-9-14/h3-10H,1-2H3,(H2,20,21,22,23). The van der Waals surface area contributed by atoms with Gasteiger partial charge in [0.25, 0.3) is 0 Å². The molecule has 5 nitrogen and oxygen atoms in total. The van der Waals surface area contributed by atoms with Gasteiger partial charge in [0, 0.05) is 16.4 Å². The Morgan fingerprint density at radius 3 is 2.52 bits per heavy atom. The summed E-state index contributed by atoms with van der Waals surface area (Å²) in [4.78, 5) is 4.43. The fourth-order valence-corrected chi connectivity index (χ4v) is 2.23. The minimum Gasteiger partial charge on any atom is -0.339 e. The number of rotatable bonds is 4. The first-order valence-electron chi connectivity index (χ1n) is 7.17. The lowest BCUT2D eigenvalue weighted by atomic mass is 10.1. The second-order valence-corrected chi connectivity index (χ2v) is 5.61. The van der Waals surface area contributed by atoms with Crippen LogP contribution in [0.3, 0.4) is 0 Å². The summed E-state index contributed by atoms with van der Waals surface area (Å²) in [7, 11) is 0. The molecule has 0 saturated heterocycles. The molecule has 0 unspecified atom stereocenters. The Hall–Kier alpha value is -2.66. The highest BCUT2D eigenvalue weighted by Gasteiger charge is 2.05. The van der Waals surface area contributed by atoms with Gasteiger partial charge in [0.1, 0.15) is 0 Å². The van der Waals surface area contributed by atoms with E-state index in [0.717, 1.165) is 11.4 Å². The summed E-state index contributed by atoms with van der Waals surface area (Å²) in [5.74, 6) is 1.05. The van der Waals surface area contributed by atoms with Gasteiger partial charge in [-0.3, -0.25) is 0 Å². The van der Waals surface area contributed by atoms with Crippen molar-refractivity contribution in [2.45, 2.75) is 13.8 Å². The molecule has 2 aromatic carbocycles. The maximum absolute atomic E-state index is 5.88. The fraction of sp³-hybridized carbons (Fsp3) is 0.118. The number of anilines is 4. The number of nitrogens with zero attached hydrogens (tertiary/aromatic N) is 3. The number of halogens is 1. The van der Waals surface area contributed by atoms with Crippen molar-refractivity contribution in [3.05, 3.63) is 64.8 Å². The van der Waals surface area contributed by atoms with Crippen LogP contribution in [-0.4, -0.2) is 15.2 Å². The van der Waals surface area contributed by atoms with Gasteiger partial charge < -0.3 is 10.6 Å². The van der Waals surface area contributed by atoms with E-state index in [2.05, 4.69) is 45.7 Å². The van der Waals surface area contributed by atoms with Gasteiger partial charge in [-0.25, -0.2) is 0 Å². The van der Waals surface area contributed by atoms with Gasteiger partial charge in [-0.05, 0) is 55.3 Å². The number of aryl methyl sites for hydroxylation is 1. The van der Waals surface area contributed by atoms with Crippen LogP contribution in [-0.2, 0) is 0 Å². The van der Waals surface area contributed by atoms with Crippen molar-refractivity contribution < 1.29 is 0 Å². The van der Waals surface area contributed by atoms with E-state index in [-0.39, 0.29) is 0 Å². The molecule has 0 amide bonds. The molecule has 0 spiro atoms. The Morgan fingerprint density at radius 1 is 0.957 bits per heavy atom. The van der Waals surface area contributed by atoms with Crippen LogP contribution in [0.4, 0.5) is 23.1 Å². The Kier molecular flexibility index (Phi) is 4.39. The van der Waals surface area contributed by atoms with Crippen LogP contribution in [0, 0.1) is 13.8 Å². The molecule has 0 saturated carbocycles. The Labute approximate surface area is 139 Å². The van der Waals surface area contributed by atoms with Gasteiger partial charge in [-0.15, -0.1) is 5.10 Å². The van der Waals surface area contributed by atoms with Crippen LogP contribution in [0.2, 0.25) is 5.02 Å². The van der Waals surface area contributed by atoms with E-state index in [1.54, 1.807) is 18.3 Å². The van der Waals surface area contributed by atoms with Crippen molar-refractivity contribution in [1.29, 1.82) is 0 Å². The summed E-state index contributed by atoms with van der Waals surface area (Å²) < 4.78 is 0. The first kappa shape index (κ1) is 15.2. The second kappa shape index (κ2) is 6.62. The van der Waals surface area contributed by atoms with E-state index < -0.39 is 0 Å². The van der Waals surface area contributed by atoms with Crippen LogP contribution in [0.15, 0.2) is 48.7 Å². The molecule has 0 aliphatic heterocycles. The number of aromatic nitrogens is 3. The van der Waals surface area contributed by atoms with E-state index in [1.807, 2.05) is 24.3 Å². The Morgan fingerprint density at radius 2 is 1.74 bits per heavy atom. The average molecular weight is 326 g/mol. The third-order valence-corrected chi connectivity index (χ3v) is 3.78. The minimum atomic E-state index is 0.419. The van der Waals surface area contributed by atoms with E-state index >= 15 is 0 Å². The summed E-state index contributed by atoms with van der Waals surface area (Å²) in [5, 5.41) is 15.0. The first-order valence-corrected chi connectivity index (χ1v) is 7.55. The van der Waals surface area contributed by atoms with Crippen molar-refractivity contribution in [1.82, 2.24) is 15.2 Å². The van der Waals surface area contributed by atoms with Gasteiger partial charge in [0.2, 0.25) is 5.95 Å². The molecule has 0 atom stereocenters. The highest BCUT2D eigenvalue weighted by molar-refractivity contribution is 6.30. The molecule has 0 bridgehead atoms. The van der Waals surface area contributed by atoms with Crippen LogP contribution in [0.25, 0.3) is 0 Å². The molecule has 23 heavy (non-hydrogen) atoms. The summed E-state index contributed by atoms with van der Waals surface area (Å²) in [6, 6.07) is 13.4. The smallest absolute Gasteiger partial charge is 0.249 e. The first-order chi connectivity index (χ1) is 11.1. The molecule has 0 fully saturated rings. The van der Waals surface area contributed by atoms with Crippen molar-refractivity contribution in [3.8, 4) is 0 Å². The summed E-state index contributed by atoms with van der Waals surface area (Å²) >= 11 is 5.88. The topological polar surface area (TPSA) is 62.7 Å². The lowest BCUT2D eigenvalue weighted by molar-refractivity contribution is 0.982. The monoisotopic (exact) mass is 325 g/mol. The average Bonchev–Trinajstić information content (AvgIpc) is 2.54. The number of benzene rings is 2. The van der Waals surface area contributed by atoms with Crippen LogP contribution < -0.4 is 10.6 Å². The predicted molar refractivity (Wildman–Crippen MR) is 93.8 cm³/mol. The maximum atomic E-state index is 5.88. The van der Waals surface area contributed by atoms with Gasteiger partial charge in [-0.2, -0.15) is 10.1 Å². The molecule has 2 N–H and O–H groups in total. The zero-order chi connectivity index (χ0) is 16.2. The van der Waals surface area contributed by atoms with Gasteiger partial charge >= 0.3 is 0 Å². The number of nitrogens with one attached hydrogen (secondary N) is 2. The quantitative estimate of drug-likeness (QED) is 0.732. The highest BCUT2D eigenvalue weighted by atomic mass is 35.5. The molecule has 116 valence electrons. The fourth-order valence-electron chi connectivity index (χ4n) is 2.10. The van der Waals surface area contributed by atoms with Gasteiger partial charge in [-0.1, -0.05) is 23.7 Å². The third kappa shape index (κ3) is 3.76. The van der Waals surface area contributed by atoms with Gasteiger partial charge in [0.05, 0.1) is 6.20 Å². The van der Waals surface area contributed by atoms with Crippen molar-refractivity contribution in [2.24, 2.45) is 0 Å². The summed E-state index contributed by atoms with van der Waals surface area (Å²) in [5.41, 5.74) is 4.25. The van der Waals surface area contributed by atoms with Crippen molar-refractivity contribution in [3.63, 3.8) is 0 Å². The SMILES string of the molecule is Cc1cccc(Nc2cnnc(Nc3ccc(Cl)cc3)n2)c1C. The lowest BCUT2D eigenvalue weighted by Crippen LogP contribution is -2.03. The molecule has 0 radical (unpaired) electrons. The molecule has 0 aliphatic carbocycles. The molecule has 6 heteroatoms. The largest absolute Gasteiger partial charge is 0.339 e. The van der Waals surface area contributed by atoms with E-state index in [4.69, 9.17) is 11.6 Å². The van der Waals surface area contributed by atoms with E-state index in [0.29, 0.717) is 16.8 Å². The number of hydrogen-bond donors (Lipinski definition) is 2. The van der Waals surface area contributed by atoms with Crippen LogP contribution in [0.1, 0.15) is 11.1 Å². The summed E-state index contributed by atoms with van der Waals surface area (Å²) in [6.07, 6.45) is 1.59.